The van der Waals surface area contributed by atoms with Crippen molar-refractivity contribution in [3.05, 3.63) is 15.9 Å². The third-order valence-electron chi connectivity index (χ3n) is 5.42. The van der Waals surface area contributed by atoms with Crippen LogP contribution in [0.4, 0.5) is 0 Å². The normalized spacial score (nSPS) is 30.1. The molecule has 3 nitrogen and oxygen atoms in total. The summed E-state index contributed by atoms with van der Waals surface area (Å²) in [6.45, 7) is 5.22. The van der Waals surface area contributed by atoms with Crippen molar-refractivity contribution in [2.45, 2.75) is 58.5 Å². The molecule has 112 valence electrons. The number of nitrogens with zero attached hydrogens (tertiary/aromatic N) is 2. The van der Waals surface area contributed by atoms with Crippen molar-refractivity contribution in [3.63, 3.8) is 0 Å². The van der Waals surface area contributed by atoms with E-state index in [-0.39, 0.29) is 0 Å². The highest BCUT2D eigenvalue weighted by Gasteiger charge is 2.53. The fourth-order valence-corrected chi connectivity index (χ4v) is 4.79. The van der Waals surface area contributed by atoms with Crippen LogP contribution in [-0.2, 0) is 13.0 Å². The first-order chi connectivity index (χ1) is 9.67. The molecule has 1 heterocycles. The van der Waals surface area contributed by atoms with Gasteiger partial charge in [-0.25, -0.2) is 0 Å². The zero-order valence-corrected chi connectivity index (χ0v) is 14.4. The fraction of sp³-hybridized carbons (Fsp3) is 0.812. The number of nitrogens with one attached hydrogen (secondary N) is 1. The molecule has 2 saturated carbocycles. The molecular weight excluding hydrogens is 314 g/mol. The SMILES string of the molecule is CCn1nc(C)c(Br)c1CC(NC)C1C2CCCCC21. The molecule has 4 heteroatoms. The quantitative estimate of drug-likeness (QED) is 0.889. The van der Waals surface area contributed by atoms with E-state index in [0.717, 1.165) is 36.4 Å². The van der Waals surface area contributed by atoms with Gasteiger partial charge in [0.1, 0.15) is 0 Å². The first-order valence-corrected chi connectivity index (χ1v) is 8.85. The van der Waals surface area contributed by atoms with Gasteiger partial charge in [-0.3, -0.25) is 4.68 Å². The van der Waals surface area contributed by atoms with Crippen LogP contribution in [0.15, 0.2) is 4.47 Å². The van der Waals surface area contributed by atoms with Crippen LogP contribution in [0.1, 0.15) is 44.0 Å². The van der Waals surface area contributed by atoms with Gasteiger partial charge in [-0.2, -0.15) is 5.10 Å². The predicted octanol–water partition coefficient (Wildman–Crippen LogP) is 3.54. The van der Waals surface area contributed by atoms with Gasteiger partial charge in [0.05, 0.1) is 15.9 Å². The highest BCUT2D eigenvalue weighted by Crippen LogP contribution is 2.57. The Bertz CT molecular complexity index is 470. The monoisotopic (exact) mass is 339 g/mol. The number of aryl methyl sites for hydroxylation is 2. The van der Waals surface area contributed by atoms with E-state index in [1.165, 1.54) is 35.8 Å². The molecule has 0 spiro atoms. The molecule has 1 aromatic rings. The highest BCUT2D eigenvalue weighted by atomic mass is 79.9. The van der Waals surface area contributed by atoms with Gasteiger partial charge >= 0.3 is 0 Å². The Morgan fingerprint density at radius 1 is 1.35 bits per heavy atom. The number of rotatable bonds is 5. The summed E-state index contributed by atoms with van der Waals surface area (Å²) in [5, 5.41) is 8.22. The highest BCUT2D eigenvalue weighted by molar-refractivity contribution is 9.10. The molecule has 2 aliphatic rings. The lowest BCUT2D eigenvalue weighted by Crippen LogP contribution is -2.32. The second-order valence-corrected chi connectivity index (χ2v) is 7.24. The molecule has 20 heavy (non-hydrogen) atoms. The first kappa shape index (κ1) is 14.6. The van der Waals surface area contributed by atoms with Crippen LogP contribution in [0.5, 0.6) is 0 Å². The molecule has 0 radical (unpaired) electrons. The van der Waals surface area contributed by atoms with Gasteiger partial charge in [0, 0.05) is 19.0 Å². The van der Waals surface area contributed by atoms with Crippen LogP contribution in [0, 0.1) is 24.7 Å². The third-order valence-corrected chi connectivity index (χ3v) is 6.46. The number of aromatic nitrogens is 2. The molecular formula is C16H26BrN3. The molecule has 1 aromatic heterocycles. The maximum Gasteiger partial charge on any atom is 0.0738 e. The number of fused-ring (bicyclic) bond motifs is 1. The number of hydrogen-bond acceptors (Lipinski definition) is 2. The van der Waals surface area contributed by atoms with Gasteiger partial charge < -0.3 is 5.32 Å². The Morgan fingerprint density at radius 2 is 2.00 bits per heavy atom. The fourth-order valence-electron chi connectivity index (χ4n) is 4.35. The van der Waals surface area contributed by atoms with E-state index in [9.17, 15) is 0 Å². The second kappa shape index (κ2) is 5.80. The lowest BCUT2D eigenvalue weighted by molar-refractivity contribution is 0.443. The summed E-state index contributed by atoms with van der Waals surface area (Å²) in [4.78, 5) is 0. The Morgan fingerprint density at radius 3 is 2.55 bits per heavy atom. The minimum Gasteiger partial charge on any atom is -0.316 e. The van der Waals surface area contributed by atoms with Crippen molar-refractivity contribution in [1.82, 2.24) is 15.1 Å². The number of hydrogen-bond donors (Lipinski definition) is 1. The number of halogens is 1. The molecule has 0 amide bonds. The van der Waals surface area contributed by atoms with Crippen molar-refractivity contribution in [1.29, 1.82) is 0 Å². The maximum absolute atomic E-state index is 4.63. The maximum atomic E-state index is 4.63. The van der Waals surface area contributed by atoms with Crippen LogP contribution < -0.4 is 5.32 Å². The van der Waals surface area contributed by atoms with Crippen LogP contribution in [-0.4, -0.2) is 22.9 Å². The van der Waals surface area contributed by atoms with Gasteiger partial charge in [0.25, 0.3) is 0 Å². The van der Waals surface area contributed by atoms with Crippen LogP contribution >= 0.6 is 15.9 Å². The first-order valence-electron chi connectivity index (χ1n) is 8.06. The van der Waals surface area contributed by atoms with Gasteiger partial charge in [-0.1, -0.05) is 12.8 Å². The standard InChI is InChI=1S/C16H26BrN3/c1-4-20-14(16(17)10(2)19-20)9-13(18-3)15-11-7-5-6-8-12(11)15/h11-13,15,18H,4-9H2,1-3H3. The molecule has 3 atom stereocenters. The van der Waals surface area contributed by atoms with E-state index in [4.69, 9.17) is 0 Å². The molecule has 2 fully saturated rings. The van der Waals surface area contributed by atoms with E-state index >= 15 is 0 Å². The Labute approximate surface area is 130 Å². The summed E-state index contributed by atoms with van der Waals surface area (Å²) in [5.41, 5.74) is 2.48. The van der Waals surface area contributed by atoms with Gasteiger partial charge in [0.15, 0.2) is 0 Å². The molecule has 0 aliphatic heterocycles. The zero-order chi connectivity index (χ0) is 14.3. The van der Waals surface area contributed by atoms with E-state index < -0.39 is 0 Å². The minimum absolute atomic E-state index is 0.612. The lowest BCUT2D eigenvalue weighted by Gasteiger charge is -2.17. The van der Waals surface area contributed by atoms with E-state index in [1.807, 2.05) is 0 Å². The average molecular weight is 340 g/mol. The summed E-state index contributed by atoms with van der Waals surface area (Å²) >= 11 is 3.73. The largest absolute Gasteiger partial charge is 0.316 e. The summed E-state index contributed by atoms with van der Waals surface area (Å²) in [6, 6.07) is 0.612. The summed E-state index contributed by atoms with van der Waals surface area (Å²) in [7, 11) is 2.13. The van der Waals surface area contributed by atoms with Crippen molar-refractivity contribution in [3.8, 4) is 0 Å². The second-order valence-electron chi connectivity index (χ2n) is 6.45. The average Bonchev–Trinajstić information content (AvgIpc) is 3.13. The summed E-state index contributed by atoms with van der Waals surface area (Å²) < 4.78 is 3.37. The molecule has 2 aliphatic carbocycles. The molecule has 3 rings (SSSR count). The molecule has 3 unspecified atom stereocenters. The van der Waals surface area contributed by atoms with Crippen LogP contribution in [0.25, 0.3) is 0 Å². The Hall–Kier alpha value is -0.350. The minimum atomic E-state index is 0.612. The Kier molecular flexibility index (Phi) is 4.23. The Balaban J connectivity index is 1.75. The molecule has 1 N–H and O–H groups in total. The van der Waals surface area contributed by atoms with Gasteiger partial charge in [-0.15, -0.1) is 0 Å². The zero-order valence-electron chi connectivity index (χ0n) is 12.8. The molecule has 0 bridgehead atoms. The van der Waals surface area contributed by atoms with Crippen LogP contribution in [0.2, 0.25) is 0 Å². The van der Waals surface area contributed by atoms with Gasteiger partial charge in [0.2, 0.25) is 0 Å². The topological polar surface area (TPSA) is 29.9 Å². The van der Waals surface area contributed by atoms with Crippen molar-refractivity contribution >= 4 is 15.9 Å². The smallest absolute Gasteiger partial charge is 0.0738 e. The summed E-state index contributed by atoms with van der Waals surface area (Å²) in [6.07, 6.45) is 6.92. The van der Waals surface area contributed by atoms with E-state index in [2.05, 4.69) is 51.9 Å². The molecule has 0 aromatic carbocycles. The van der Waals surface area contributed by atoms with Gasteiger partial charge in [-0.05, 0) is 67.4 Å². The molecule has 0 saturated heterocycles. The lowest BCUT2D eigenvalue weighted by atomic mass is 10.0. The van der Waals surface area contributed by atoms with E-state index in [0.29, 0.717) is 6.04 Å². The van der Waals surface area contributed by atoms with Crippen LogP contribution in [0.3, 0.4) is 0 Å². The summed E-state index contributed by atoms with van der Waals surface area (Å²) in [5.74, 6) is 2.90. The van der Waals surface area contributed by atoms with Crippen molar-refractivity contribution in [2.75, 3.05) is 7.05 Å². The number of likely N-dealkylation sites (N-methyl/N-ethyl adjacent to an activating group) is 1. The van der Waals surface area contributed by atoms with Crippen molar-refractivity contribution < 1.29 is 0 Å². The van der Waals surface area contributed by atoms with E-state index in [1.54, 1.807) is 0 Å². The predicted molar refractivity (Wildman–Crippen MR) is 85.8 cm³/mol. The van der Waals surface area contributed by atoms with Crippen molar-refractivity contribution in [2.24, 2.45) is 17.8 Å². The third kappa shape index (κ3) is 2.45.